The molecule has 0 spiro atoms. The van der Waals surface area contributed by atoms with Gasteiger partial charge in [0.1, 0.15) is 10.8 Å². The second-order valence-electron chi connectivity index (χ2n) is 4.95. The Kier molecular flexibility index (Phi) is 3.19. The van der Waals surface area contributed by atoms with Gasteiger partial charge in [-0.05, 0) is 32.1 Å². The molecule has 104 valence electrons. The number of nitrogens with one attached hydrogen (secondary N) is 1. The van der Waals surface area contributed by atoms with Crippen molar-refractivity contribution in [3.63, 3.8) is 0 Å². The van der Waals surface area contributed by atoms with Gasteiger partial charge in [0.05, 0.1) is 21.6 Å². The number of aromatic nitrogens is 3. The fourth-order valence-electron chi connectivity index (χ4n) is 2.28. The number of hydrogen-bond acceptors (Lipinski definition) is 3. The second-order valence-corrected chi connectivity index (χ2v) is 6.63. The van der Waals surface area contributed by atoms with Crippen LogP contribution in [0.25, 0.3) is 11.0 Å². The summed E-state index contributed by atoms with van der Waals surface area (Å²) in [7, 11) is 0. The van der Waals surface area contributed by atoms with E-state index in [1.165, 1.54) is 6.07 Å². The van der Waals surface area contributed by atoms with Gasteiger partial charge in [-0.15, -0.1) is 11.3 Å². The zero-order chi connectivity index (χ0) is 14.5. The highest BCUT2D eigenvalue weighted by atomic mass is 35.5. The molecule has 0 unspecified atom stereocenters. The highest BCUT2D eigenvalue weighted by molar-refractivity contribution is 7.71. The molecule has 0 aliphatic heterocycles. The number of nitrogens with zero attached hydrogens (tertiary/aromatic N) is 2. The van der Waals surface area contributed by atoms with Gasteiger partial charge in [-0.25, -0.2) is 9.37 Å². The quantitative estimate of drug-likeness (QED) is 0.690. The van der Waals surface area contributed by atoms with Gasteiger partial charge in [-0.2, -0.15) is 0 Å². The van der Waals surface area contributed by atoms with Crippen LogP contribution < -0.4 is 0 Å². The molecular weight excluding hydrogens is 317 g/mol. The first-order chi connectivity index (χ1) is 9.41. The Labute approximate surface area is 129 Å². The van der Waals surface area contributed by atoms with Gasteiger partial charge in [-0.3, -0.25) is 0 Å². The summed E-state index contributed by atoms with van der Waals surface area (Å²) in [6, 6.07) is 2.95. The van der Waals surface area contributed by atoms with Gasteiger partial charge < -0.3 is 9.55 Å². The summed E-state index contributed by atoms with van der Waals surface area (Å²) >= 11 is 12.8. The lowest BCUT2D eigenvalue weighted by molar-refractivity contribution is 0.441. The van der Waals surface area contributed by atoms with Gasteiger partial charge in [0.15, 0.2) is 4.77 Å². The molecule has 0 saturated carbocycles. The van der Waals surface area contributed by atoms with E-state index in [1.54, 1.807) is 23.6 Å². The summed E-state index contributed by atoms with van der Waals surface area (Å²) in [5.74, 6) is -0.463. The third-order valence-electron chi connectivity index (χ3n) is 3.24. The van der Waals surface area contributed by atoms with Crippen LogP contribution >= 0.6 is 35.2 Å². The fraction of sp³-hybridized carbons (Fsp3) is 0.231. The molecule has 1 aromatic carbocycles. The SMILES string of the molecule is CC(C)(c1nccs1)n1c(=S)[nH]c2cc(F)c(Cl)cc21. The van der Waals surface area contributed by atoms with Crippen molar-refractivity contribution in [2.75, 3.05) is 0 Å². The molecule has 0 atom stereocenters. The Morgan fingerprint density at radius 1 is 1.45 bits per heavy atom. The number of benzene rings is 1. The van der Waals surface area contributed by atoms with Crippen LogP contribution in [0, 0.1) is 10.6 Å². The number of H-pyrrole nitrogens is 1. The molecule has 1 N–H and O–H groups in total. The van der Waals surface area contributed by atoms with Crippen molar-refractivity contribution in [1.82, 2.24) is 14.5 Å². The monoisotopic (exact) mass is 327 g/mol. The summed E-state index contributed by atoms with van der Waals surface area (Å²) in [6.45, 7) is 4.04. The molecule has 3 aromatic rings. The lowest BCUT2D eigenvalue weighted by Crippen LogP contribution is -2.27. The molecule has 3 rings (SSSR count). The van der Waals surface area contributed by atoms with Crippen LogP contribution in [0.1, 0.15) is 18.9 Å². The van der Waals surface area contributed by atoms with Crippen LogP contribution in [-0.4, -0.2) is 14.5 Å². The van der Waals surface area contributed by atoms with Gasteiger partial charge in [0.2, 0.25) is 0 Å². The molecule has 0 bridgehead atoms. The van der Waals surface area contributed by atoms with E-state index in [2.05, 4.69) is 9.97 Å². The Hall–Kier alpha value is -1.24. The van der Waals surface area contributed by atoms with Crippen LogP contribution in [0.4, 0.5) is 4.39 Å². The molecule has 3 nitrogen and oxygen atoms in total. The van der Waals surface area contributed by atoms with E-state index in [0.29, 0.717) is 10.3 Å². The third-order valence-corrected chi connectivity index (χ3v) is 4.90. The first kappa shape index (κ1) is 13.7. The lowest BCUT2D eigenvalue weighted by atomic mass is 10.1. The predicted octanol–water partition coefficient (Wildman–Crippen LogP) is 4.73. The maximum atomic E-state index is 13.6. The average molecular weight is 328 g/mol. The zero-order valence-corrected chi connectivity index (χ0v) is 13.2. The third kappa shape index (κ3) is 1.99. The lowest BCUT2D eigenvalue weighted by Gasteiger charge is -2.25. The van der Waals surface area contributed by atoms with Crippen LogP contribution in [0.15, 0.2) is 23.7 Å². The summed E-state index contributed by atoms with van der Waals surface area (Å²) in [5.41, 5.74) is 0.952. The minimum atomic E-state index is -0.463. The molecule has 2 aromatic heterocycles. The molecule has 2 heterocycles. The molecule has 0 saturated heterocycles. The van der Waals surface area contributed by atoms with Gasteiger partial charge in [0.25, 0.3) is 0 Å². The summed E-state index contributed by atoms with van der Waals surface area (Å²) in [6.07, 6.45) is 1.76. The minimum absolute atomic E-state index is 0.0789. The highest BCUT2D eigenvalue weighted by Crippen LogP contribution is 2.32. The standard InChI is InChI=1S/C13H11ClFN3S2/c1-13(2,11-16-3-4-20-11)18-10-5-7(14)8(15)6-9(10)17-12(18)19/h3-6H,1-2H3,(H,17,19). The minimum Gasteiger partial charge on any atom is -0.330 e. The largest absolute Gasteiger partial charge is 0.330 e. The Morgan fingerprint density at radius 2 is 2.20 bits per heavy atom. The van der Waals surface area contributed by atoms with Crippen molar-refractivity contribution in [3.05, 3.63) is 44.3 Å². The molecule has 0 fully saturated rings. The van der Waals surface area contributed by atoms with E-state index in [4.69, 9.17) is 23.8 Å². The molecule has 0 radical (unpaired) electrons. The molecular formula is C13H11ClFN3S2. The van der Waals surface area contributed by atoms with Crippen molar-refractivity contribution in [1.29, 1.82) is 0 Å². The van der Waals surface area contributed by atoms with Crippen LogP contribution in [0.2, 0.25) is 5.02 Å². The smallest absolute Gasteiger partial charge is 0.178 e. The maximum absolute atomic E-state index is 13.6. The number of aromatic amines is 1. The van der Waals surface area contributed by atoms with Gasteiger partial charge >= 0.3 is 0 Å². The van der Waals surface area contributed by atoms with Crippen LogP contribution in [0.5, 0.6) is 0 Å². The molecule has 20 heavy (non-hydrogen) atoms. The number of rotatable bonds is 2. The van der Waals surface area contributed by atoms with E-state index in [-0.39, 0.29) is 5.02 Å². The van der Waals surface area contributed by atoms with Crippen LogP contribution in [-0.2, 0) is 5.54 Å². The van der Waals surface area contributed by atoms with Crippen molar-refractivity contribution in [2.24, 2.45) is 0 Å². The molecule has 7 heteroatoms. The molecule has 0 amide bonds. The van der Waals surface area contributed by atoms with Gasteiger partial charge in [-0.1, -0.05) is 11.6 Å². The highest BCUT2D eigenvalue weighted by Gasteiger charge is 2.28. The number of hydrogen-bond donors (Lipinski definition) is 1. The Balaban J connectivity index is 2.34. The number of halogens is 2. The van der Waals surface area contributed by atoms with Crippen molar-refractivity contribution in [3.8, 4) is 0 Å². The van der Waals surface area contributed by atoms with Gasteiger partial charge in [0, 0.05) is 17.6 Å². The first-order valence-electron chi connectivity index (χ1n) is 5.91. The van der Waals surface area contributed by atoms with E-state index in [9.17, 15) is 4.39 Å². The summed E-state index contributed by atoms with van der Waals surface area (Å²) in [5, 5.41) is 2.92. The average Bonchev–Trinajstić information content (AvgIpc) is 2.97. The van der Waals surface area contributed by atoms with E-state index in [1.807, 2.05) is 23.8 Å². The second kappa shape index (κ2) is 4.65. The number of imidazole rings is 1. The summed E-state index contributed by atoms with van der Waals surface area (Å²) < 4.78 is 16.0. The Bertz CT molecular complexity index is 833. The molecule has 0 aliphatic carbocycles. The van der Waals surface area contributed by atoms with E-state index < -0.39 is 11.4 Å². The van der Waals surface area contributed by atoms with Crippen molar-refractivity contribution in [2.45, 2.75) is 19.4 Å². The first-order valence-corrected chi connectivity index (χ1v) is 7.58. The maximum Gasteiger partial charge on any atom is 0.178 e. The van der Waals surface area contributed by atoms with Crippen LogP contribution in [0.3, 0.4) is 0 Å². The van der Waals surface area contributed by atoms with Crippen molar-refractivity contribution < 1.29 is 4.39 Å². The number of thiazole rings is 1. The Morgan fingerprint density at radius 3 is 2.85 bits per heavy atom. The topological polar surface area (TPSA) is 33.6 Å². The number of fused-ring (bicyclic) bond motifs is 1. The van der Waals surface area contributed by atoms with E-state index >= 15 is 0 Å². The summed E-state index contributed by atoms with van der Waals surface area (Å²) in [4.78, 5) is 7.38. The molecule has 0 aliphatic rings. The van der Waals surface area contributed by atoms with Crippen molar-refractivity contribution >= 4 is 46.2 Å². The van der Waals surface area contributed by atoms with E-state index in [0.717, 1.165) is 10.5 Å². The fourth-order valence-corrected chi connectivity index (χ4v) is 3.62. The predicted molar refractivity (Wildman–Crippen MR) is 82.6 cm³/mol. The zero-order valence-electron chi connectivity index (χ0n) is 10.8. The normalized spacial score (nSPS) is 12.2.